The summed E-state index contributed by atoms with van der Waals surface area (Å²) in [6.45, 7) is 1.35. The SMILES string of the molecule is NCC1CCCN1C(=O)CCc1nc(-c2ccsc2)no1. The monoisotopic (exact) mass is 306 g/mol. The fraction of sp³-hybridized carbons (Fsp3) is 0.500. The van der Waals surface area contributed by atoms with Gasteiger partial charge in [0.2, 0.25) is 17.6 Å². The first-order chi connectivity index (χ1) is 10.3. The number of carbonyl (C=O) groups is 1. The van der Waals surface area contributed by atoms with Crippen LogP contribution in [0.4, 0.5) is 0 Å². The number of hydrogen-bond acceptors (Lipinski definition) is 6. The van der Waals surface area contributed by atoms with E-state index >= 15 is 0 Å². The van der Waals surface area contributed by atoms with Crippen LogP contribution in [0.15, 0.2) is 21.3 Å². The Morgan fingerprint density at radius 1 is 1.57 bits per heavy atom. The molecule has 3 heterocycles. The molecule has 2 N–H and O–H groups in total. The average molecular weight is 306 g/mol. The standard InChI is InChI=1S/C14H18N4O2S/c15-8-11-2-1-6-18(11)13(19)4-3-12-16-14(17-20-12)10-5-7-21-9-10/h5,7,9,11H,1-4,6,8,15H2. The fourth-order valence-corrected chi connectivity index (χ4v) is 3.27. The normalized spacial score (nSPS) is 18.3. The predicted octanol–water partition coefficient (Wildman–Crippen LogP) is 1.68. The van der Waals surface area contributed by atoms with E-state index in [2.05, 4.69) is 10.1 Å². The van der Waals surface area contributed by atoms with Gasteiger partial charge in [-0.3, -0.25) is 4.79 Å². The second kappa shape index (κ2) is 6.36. The topological polar surface area (TPSA) is 85.2 Å². The Kier molecular flexibility index (Phi) is 4.31. The largest absolute Gasteiger partial charge is 0.339 e. The predicted molar refractivity (Wildman–Crippen MR) is 79.7 cm³/mol. The van der Waals surface area contributed by atoms with Crippen LogP contribution in [0.1, 0.15) is 25.2 Å². The molecule has 0 bridgehead atoms. The quantitative estimate of drug-likeness (QED) is 0.908. The Morgan fingerprint density at radius 2 is 2.48 bits per heavy atom. The van der Waals surface area contributed by atoms with Crippen molar-refractivity contribution in [3.05, 3.63) is 22.7 Å². The summed E-state index contributed by atoms with van der Waals surface area (Å²) in [5, 5.41) is 7.88. The van der Waals surface area contributed by atoms with Gasteiger partial charge in [0, 0.05) is 42.9 Å². The van der Waals surface area contributed by atoms with Gasteiger partial charge in [-0.05, 0) is 24.3 Å². The number of aryl methyl sites for hydroxylation is 1. The third-order valence-electron chi connectivity index (χ3n) is 3.77. The molecular formula is C14H18N4O2S. The van der Waals surface area contributed by atoms with Crippen LogP contribution in [0.5, 0.6) is 0 Å². The van der Waals surface area contributed by atoms with Crippen LogP contribution in [0.2, 0.25) is 0 Å². The van der Waals surface area contributed by atoms with E-state index in [4.69, 9.17) is 10.3 Å². The maximum Gasteiger partial charge on any atom is 0.227 e. The van der Waals surface area contributed by atoms with Crippen LogP contribution in [-0.2, 0) is 11.2 Å². The molecule has 0 saturated carbocycles. The van der Waals surface area contributed by atoms with Gasteiger partial charge in [-0.2, -0.15) is 16.3 Å². The molecular weight excluding hydrogens is 288 g/mol. The van der Waals surface area contributed by atoms with Crippen LogP contribution < -0.4 is 5.73 Å². The second-order valence-corrected chi connectivity index (χ2v) is 5.92. The first-order valence-electron chi connectivity index (χ1n) is 7.12. The van der Waals surface area contributed by atoms with Gasteiger partial charge in [0.05, 0.1) is 0 Å². The lowest BCUT2D eigenvalue weighted by Crippen LogP contribution is -2.40. The van der Waals surface area contributed by atoms with Crippen LogP contribution >= 0.6 is 11.3 Å². The Bertz CT molecular complexity index is 596. The number of nitrogens with two attached hydrogens (primary N) is 1. The number of thiophene rings is 1. The van der Waals surface area contributed by atoms with E-state index in [9.17, 15) is 4.79 Å². The van der Waals surface area contributed by atoms with Crippen molar-refractivity contribution in [2.24, 2.45) is 5.73 Å². The van der Waals surface area contributed by atoms with E-state index in [0.29, 0.717) is 31.1 Å². The fourth-order valence-electron chi connectivity index (χ4n) is 2.63. The van der Waals surface area contributed by atoms with Gasteiger partial charge >= 0.3 is 0 Å². The lowest BCUT2D eigenvalue weighted by atomic mass is 10.2. The molecule has 0 spiro atoms. The van der Waals surface area contributed by atoms with Gasteiger partial charge in [-0.15, -0.1) is 0 Å². The van der Waals surface area contributed by atoms with Crippen molar-refractivity contribution < 1.29 is 9.32 Å². The molecule has 1 aliphatic rings. The molecule has 112 valence electrons. The second-order valence-electron chi connectivity index (χ2n) is 5.14. The first-order valence-corrected chi connectivity index (χ1v) is 8.07. The Balaban J connectivity index is 1.57. The Labute approximate surface area is 126 Å². The van der Waals surface area contributed by atoms with Gasteiger partial charge in [0.25, 0.3) is 0 Å². The first kappa shape index (κ1) is 14.2. The lowest BCUT2D eigenvalue weighted by Gasteiger charge is -2.23. The minimum atomic E-state index is 0.123. The molecule has 3 rings (SSSR count). The smallest absolute Gasteiger partial charge is 0.227 e. The maximum atomic E-state index is 12.2. The van der Waals surface area contributed by atoms with Gasteiger partial charge in [-0.25, -0.2) is 0 Å². The molecule has 1 unspecified atom stereocenters. The Morgan fingerprint density at radius 3 is 3.24 bits per heavy atom. The summed E-state index contributed by atoms with van der Waals surface area (Å²) in [5.74, 6) is 1.21. The van der Waals surface area contributed by atoms with Crippen LogP contribution in [0.3, 0.4) is 0 Å². The summed E-state index contributed by atoms with van der Waals surface area (Å²) in [6.07, 6.45) is 2.91. The van der Waals surface area contributed by atoms with Crippen molar-refractivity contribution in [2.45, 2.75) is 31.7 Å². The third-order valence-corrected chi connectivity index (χ3v) is 4.45. The van der Waals surface area contributed by atoms with Crippen LogP contribution in [-0.4, -0.2) is 40.1 Å². The molecule has 21 heavy (non-hydrogen) atoms. The number of aromatic nitrogens is 2. The third kappa shape index (κ3) is 3.14. The molecule has 0 aromatic carbocycles. The highest BCUT2D eigenvalue weighted by atomic mass is 32.1. The number of rotatable bonds is 5. The van der Waals surface area contributed by atoms with Crippen molar-refractivity contribution in [3.8, 4) is 11.4 Å². The molecule has 6 nitrogen and oxygen atoms in total. The van der Waals surface area contributed by atoms with Gasteiger partial charge in [0.1, 0.15) is 0 Å². The molecule has 1 amide bonds. The zero-order valence-corrected chi connectivity index (χ0v) is 12.5. The highest BCUT2D eigenvalue weighted by Gasteiger charge is 2.27. The van der Waals surface area contributed by atoms with E-state index in [-0.39, 0.29) is 11.9 Å². The highest BCUT2D eigenvalue weighted by molar-refractivity contribution is 7.08. The van der Waals surface area contributed by atoms with E-state index < -0.39 is 0 Å². The number of hydrogen-bond donors (Lipinski definition) is 1. The van der Waals surface area contributed by atoms with E-state index in [0.717, 1.165) is 24.9 Å². The van der Waals surface area contributed by atoms with E-state index in [1.807, 2.05) is 21.7 Å². The summed E-state index contributed by atoms with van der Waals surface area (Å²) < 4.78 is 5.20. The Hall–Kier alpha value is -1.73. The summed E-state index contributed by atoms with van der Waals surface area (Å²) in [6, 6.07) is 2.14. The summed E-state index contributed by atoms with van der Waals surface area (Å²) in [7, 11) is 0. The van der Waals surface area contributed by atoms with Gasteiger partial charge in [0.15, 0.2) is 0 Å². The van der Waals surface area contributed by atoms with Crippen molar-refractivity contribution in [3.63, 3.8) is 0 Å². The molecule has 2 aromatic heterocycles. The number of amides is 1. The van der Waals surface area contributed by atoms with Crippen LogP contribution in [0, 0.1) is 0 Å². The van der Waals surface area contributed by atoms with Crippen molar-refractivity contribution in [1.82, 2.24) is 15.0 Å². The molecule has 0 aliphatic carbocycles. The van der Waals surface area contributed by atoms with Crippen molar-refractivity contribution in [1.29, 1.82) is 0 Å². The molecule has 1 aliphatic heterocycles. The zero-order chi connectivity index (χ0) is 14.7. The van der Waals surface area contributed by atoms with Crippen molar-refractivity contribution in [2.75, 3.05) is 13.1 Å². The number of likely N-dealkylation sites (tertiary alicyclic amines) is 1. The zero-order valence-electron chi connectivity index (χ0n) is 11.7. The van der Waals surface area contributed by atoms with Crippen molar-refractivity contribution >= 4 is 17.2 Å². The summed E-state index contributed by atoms with van der Waals surface area (Å²) >= 11 is 1.59. The lowest BCUT2D eigenvalue weighted by molar-refractivity contribution is -0.131. The minimum absolute atomic E-state index is 0.123. The maximum absolute atomic E-state index is 12.2. The summed E-state index contributed by atoms with van der Waals surface area (Å²) in [4.78, 5) is 18.4. The van der Waals surface area contributed by atoms with Gasteiger partial charge in [-0.1, -0.05) is 5.16 Å². The molecule has 1 saturated heterocycles. The number of carbonyl (C=O) groups excluding carboxylic acids is 1. The van der Waals surface area contributed by atoms with E-state index in [1.165, 1.54) is 0 Å². The van der Waals surface area contributed by atoms with Crippen LogP contribution in [0.25, 0.3) is 11.4 Å². The number of nitrogens with zero attached hydrogens (tertiary/aromatic N) is 3. The molecule has 0 radical (unpaired) electrons. The average Bonchev–Trinajstić information content (AvgIpc) is 3.24. The molecule has 2 aromatic rings. The van der Waals surface area contributed by atoms with Gasteiger partial charge < -0.3 is 15.2 Å². The van der Waals surface area contributed by atoms with E-state index in [1.54, 1.807) is 11.3 Å². The molecule has 1 atom stereocenters. The molecule has 7 heteroatoms. The molecule has 1 fully saturated rings. The summed E-state index contributed by atoms with van der Waals surface area (Å²) in [5.41, 5.74) is 6.64. The highest BCUT2D eigenvalue weighted by Crippen LogP contribution is 2.20. The minimum Gasteiger partial charge on any atom is -0.339 e.